The molecule has 1 amide bonds. The number of nitrogens with one attached hydrogen (secondary N) is 1. The molecule has 0 saturated carbocycles. The van der Waals surface area contributed by atoms with Crippen LogP contribution in [0.25, 0.3) is 0 Å². The maximum absolute atomic E-state index is 12.9. The molecule has 2 aromatic rings. The largest absolute Gasteiger partial charge is 0.373 e. The van der Waals surface area contributed by atoms with E-state index >= 15 is 0 Å². The SMILES string of the molecule is Cc1sc(NC(=O)c2ccc(S(=O)(=O)N3C[C@@H](C)O[C@@H](C)C3)cc2)c(C#N)c1C. The Morgan fingerprint density at radius 2 is 1.79 bits per heavy atom. The minimum absolute atomic E-state index is 0.135. The number of hydrogen-bond donors (Lipinski definition) is 1. The number of thiophene rings is 1. The summed E-state index contributed by atoms with van der Waals surface area (Å²) < 4.78 is 32.8. The number of carbonyl (C=O) groups is 1. The smallest absolute Gasteiger partial charge is 0.256 e. The summed E-state index contributed by atoms with van der Waals surface area (Å²) in [6, 6.07) is 7.95. The zero-order valence-electron chi connectivity index (χ0n) is 16.7. The Labute approximate surface area is 175 Å². The second-order valence-corrected chi connectivity index (χ2v) is 10.3. The average Bonchev–Trinajstić information content (AvgIpc) is 2.93. The van der Waals surface area contributed by atoms with E-state index < -0.39 is 10.0 Å². The third-order valence-electron chi connectivity index (χ3n) is 4.86. The Morgan fingerprint density at radius 1 is 1.21 bits per heavy atom. The molecule has 9 heteroatoms. The van der Waals surface area contributed by atoms with Gasteiger partial charge in [-0.3, -0.25) is 4.79 Å². The van der Waals surface area contributed by atoms with Crippen LogP contribution >= 0.6 is 11.3 Å². The van der Waals surface area contributed by atoms with E-state index in [2.05, 4.69) is 11.4 Å². The Hall–Kier alpha value is -2.25. The number of aryl methyl sites for hydroxylation is 1. The number of amides is 1. The van der Waals surface area contributed by atoms with Gasteiger partial charge in [0.25, 0.3) is 5.91 Å². The summed E-state index contributed by atoms with van der Waals surface area (Å²) in [5.74, 6) is -0.389. The lowest BCUT2D eigenvalue weighted by Gasteiger charge is -2.34. The van der Waals surface area contributed by atoms with E-state index in [0.717, 1.165) is 10.4 Å². The van der Waals surface area contributed by atoms with Crippen molar-refractivity contribution < 1.29 is 17.9 Å². The Bertz CT molecular complexity index is 1060. The highest BCUT2D eigenvalue weighted by Gasteiger charge is 2.32. The molecule has 1 saturated heterocycles. The van der Waals surface area contributed by atoms with Gasteiger partial charge in [0.2, 0.25) is 10.0 Å². The molecule has 2 atom stereocenters. The van der Waals surface area contributed by atoms with Crippen LogP contribution in [0.15, 0.2) is 29.2 Å². The first kappa shape index (κ1) is 21.5. The van der Waals surface area contributed by atoms with Gasteiger partial charge < -0.3 is 10.1 Å². The number of benzene rings is 1. The predicted molar refractivity (Wildman–Crippen MR) is 112 cm³/mol. The van der Waals surface area contributed by atoms with Crippen LogP contribution in [-0.2, 0) is 14.8 Å². The van der Waals surface area contributed by atoms with Gasteiger partial charge in [-0.25, -0.2) is 8.42 Å². The van der Waals surface area contributed by atoms with Gasteiger partial charge in [-0.05, 0) is 57.5 Å². The van der Waals surface area contributed by atoms with Crippen LogP contribution in [0.2, 0.25) is 0 Å². The quantitative estimate of drug-likeness (QED) is 0.798. The molecule has 1 aliphatic heterocycles. The van der Waals surface area contributed by atoms with E-state index in [1.165, 1.54) is 39.9 Å². The first-order valence-electron chi connectivity index (χ1n) is 9.20. The van der Waals surface area contributed by atoms with Crippen molar-refractivity contribution in [2.45, 2.75) is 44.8 Å². The summed E-state index contributed by atoms with van der Waals surface area (Å²) in [6.07, 6.45) is -0.351. The molecule has 0 spiro atoms. The first-order valence-corrected chi connectivity index (χ1v) is 11.5. The van der Waals surface area contributed by atoms with Crippen molar-refractivity contribution >= 4 is 32.3 Å². The molecular formula is C20H23N3O4S2. The average molecular weight is 434 g/mol. The van der Waals surface area contributed by atoms with Gasteiger partial charge in [0, 0.05) is 23.5 Å². The highest BCUT2D eigenvalue weighted by atomic mass is 32.2. The molecule has 7 nitrogen and oxygen atoms in total. The van der Waals surface area contributed by atoms with Crippen molar-refractivity contribution in [2.24, 2.45) is 0 Å². The number of anilines is 1. The van der Waals surface area contributed by atoms with E-state index in [1.807, 2.05) is 27.7 Å². The highest BCUT2D eigenvalue weighted by Crippen LogP contribution is 2.32. The molecule has 2 heterocycles. The minimum Gasteiger partial charge on any atom is -0.373 e. The maximum Gasteiger partial charge on any atom is 0.256 e. The van der Waals surface area contributed by atoms with Crippen LogP contribution in [0.4, 0.5) is 5.00 Å². The van der Waals surface area contributed by atoms with Crippen molar-refractivity contribution in [3.8, 4) is 6.07 Å². The monoisotopic (exact) mass is 433 g/mol. The predicted octanol–water partition coefficient (Wildman–Crippen LogP) is 3.29. The molecule has 3 rings (SSSR count). The highest BCUT2D eigenvalue weighted by molar-refractivity contribution is 7.89. The van der Waals surface area contributed by atoms with Crippen molar-refractivity contribution in [3.63, 3.8) is 0 Å². The van der Waals surface area contributed by atoms with Crippen LogP contribution in [0.3, 0.4) is 0 Å². The zero-order chi connectivity index (χ0) is 21.3. The Morgan fingerprint density at radius 3 is 2.34 bits per heavy atom. The molecule has 1 aliphatic rings. The van der Waals surface area contributed by atoms with Gasteiger partial charge in [-0.15, -0.1) is 11.3 Å². The fraction of sp³-hybridized carbons (Fsp3) is 0.400. The molecule has 1 aromatic carbocycles. The summed E-state index contributed by atoms with van der Waals surface area (Å²) in [5, 5.41) is 12.6. The van der Waals surface area contributed by atoms with Crippen LogP contribution in [0, 0.1) is 25.2 Å². The van der Waals surface area contributed by atoms with Gasteiger partial charge in [0.05, 0.1) is 22.7 Å². The van der Waals surface area contributed by atoms with E-state index in [9.17, 15) is 18.5 Å². The number of ether oxygens (including phenoxy) is 1. The zero-order valence-corrected chi connectivity index (χ0v) is 18.4. The van der Waals surface area contributed by atoms with Crippen LogP contribution in [0.5, 0.6) is 0 Å². The molecule has 1 N–H and O–H groups in total. The van der Waals surface area contributed by atoms with Gasteiger partial charge in [-0.1, -0.05) is 0 Å². The van der Waals surface area contributed by atoms with Crippen LogP contribution < -0.4 is 5.32 Å². The number of rotatable bonds is 4. The van der Waals surface area contributed by atoms with Gasteiger partial charge in [0.15, 0.2) is 0 Å². The van der Waals surface area contributed by atoms with Crippen molar-refractivity contribution in [1.29, 1.82) is 5.26 Å². The molecular weight excluding hydrogens is 410 g/mol. The summed E-state index contributed by atoms with van der Waals surface area (Å²) in [5.41, 5.74) is 1.62. The minimum atomic E-state index is -3.66. The molecule has 0 aliphatic carbocycles. The van der Waals surface area contributed by atoms with Gasteiger partial charge >= 0.3 is 0 Å². The number of nitriles is 1. The summed E-state index contributed by atoms with van der Waals surface area (Å²) in [4.78, 5) is 13.7. The molecule has 1 aromatic heterocycles. The van der Waals surface area contributed by atoms with Crippen molar-refractivity contribution in [1.82, 2.24) is 4.31 Å². The maximum atomic E-state index is 12.9. The van der Waals surface area contributed by atoms with Gasteiger partial charge in [0.1, 0.15) is 11.1 Å². The molecule has 1 fully saturated rings. The lowest BCUT2D eigenvalue weighted by Crippen LogP contribution is -2.48. The summed E-state index contributed by atoms with van der Waals surface area (Å²) in [6.45, 7) is 8.01. The second-order valence-electron chi connectivity index (χ2n) is 7.16. The van der Waals surface area contributed by atoms with Crippen LogP contribution in [-0.4, -0.2) is 43.9 Å². The molecule has 154 valence electrons. The topological polar surface area (TPSA) is 99.5 Å². The van der Waals surface area contributed by atoms with E-state index in [4.69, 9.17) is 4.74 Å². The van der Waals surface area contributed by atoms with Crippen molar-refractivity contribution in [2.75, 3.05) is 18.4 Å². The Balaban J connectivity index is 1.79. The van der Waals surface area contributed by atoms with Gasteiger partial charge in [-0.2, -0.15) is 9.57 Å². The fourth-order valence-corrected chi connectivity index (χ4v) is 5.88. The lowest BCUT2D eigenvalue weighted by molar-refractivity contribution is -0.0440. The number of hydrogen-bond acceptors (Lipinski definition) is 6. The first-order chi connectivity index (χ1) is 13.6. The molecule has 0 unspecified atom stereocenters. The third-order valence-corrected chi connectivity index (χ3v) is 7.83. The third kappa shape index (κ3) is 4.36. The van der Waals surface area contributed by atoms with E-state index in [1.54, 1.807) is 0 Å². The normalized spacial score (nSPS) is 20.2. The number of morpholine rings is 1. The fourth-order valence-electron chi connectivity index (χ4n) is 3.28. The number of sulfonamides is 1. The Kier molecular flexibility index (Phi) is 6.10. The van der Waals surface area contributed by atoms with Crippen LogP contribution in [0.1, 0.15) is 40.2 Å². The summed E-state index contributed by atoms with van der Waals surface area (Å²) >= 11 is 1.35. The molecule has 0 radical (unpaired) electrons. The molecule has 0 bridgehead atoms. The number of carbonyl (C=O) groups excluding carboxylic acids is 1. The lowest BCUT2D eigenvalue weighted by atomic mass is 10.2. The standard InChI is InChI=1S/C20H23N3O4S2/c1-12-10-23(11-13(2)27-12)29(25,26)17-7-5-16(6-8-17)19(24)22-20-18(9-21)14(3)15(4)28-20/h5-8,12-13H,10-11H2,1-4H3,(H,22,24)/t12-,13+. The summed E-state index contributed by atoms with van der Waals surface area (Å²) in [7, 11) is -3.66. The molecule has 29 heavy (non-hydrogen) atoms. The van der Waals surface area contributed by atoms with E-state index in [0.29, 0.717) is 29.2 Å². The number of nitrogens with zero attached hydrogens (tertiary/aromatic N) is 2. The van der Waals surface area contributed by atoms with Crippen molar-refractivity contribution in [3.05, 3.63) is 45.8 Å². The second kappa shape index (κ2) is 8.24. The van der Waals surface area contributed by atoms with E-state index in [-0.39, 0.29) is 23.0 Å².